The van der Waals surface area contributed by atoms with Crippen LogP contribution in [-0.4, -0.2) is 35.3 Å². The van der Waals surface area contributed by atoms with Crippen LogP contribution in [0, 0.1) is 5.41 Å². The fourth-order valence-corrected chi connectivity index (χ4v) is 5.04. The van der Waals surface area contributed by atoms with Crippen molar-refractivity contribution in [3.05, 3.63) is 96.1 Å². The van der Waals surface area contributed by atoms with E-state index in [1.807, 2.05) is 54.6 Å². The number of likely N-dealkylation sites (tertiary alicyclic amines) is 2. The summed E-state index contributed by atoms with van der Waals surface area (Å²) in [5.41, 5.74) is 2.64. The van der Waals surface area contributed by atoms with Crippen LogP contribution in [0.4, 0.5) is 0 Å². The Kier molecular flexibility index (Phi) is 5.95. The van der Waals surface area contributed by atoms with E-state index in [0.29, 0.717) is 12.3 Å². The highest BCUT2D eigenvalue weighted by Gasteiger charge is 2.44. The fourth-order valence-electron chi connectivity index (χ4n) is 5.04. The lowest BCUT2D eigenvalue weighted by Crippen LogP contribution is -2.41. The van der Waals surface area contributed by atoms with E-state index in [0.717, 1.165) is 57.1 Å². The minimum absolute atomic E-state index is 0.153. The highest BCUT2D eigenvalue weighted by molar-refractivity contribution is 5.79. The molecule has 2 heterocycles. The molecule has 4 heteroatoms. The molecule has 3 aromatic carbocycles. The highest BCUT2D eigenvalue weighted by atomic mass is 16.5. The molecule has 164 valence electrons. The second kappa shape index (κ2) is 9.17. The summed E-state index contributed by atoms with van der Waals surface area (Å²) in [4.78, 5) is 17.3. The monoisotopic (exact) mass is 426 g/mol. The molecule has 4 nitrogen and oxygen atoms in total. The maximum atomic E-state index is 12.7. The Bertz CT molecular complexity index is 1040. The van der Waals surface area contributed by atoms with E-state index in [2.05, 4.69) is 40.1 Å². The third-order valence-electron chi connectivity index (χ3n) is 6.82. The Hall–Kier alpha value is -3.11. The number of ether oxygens (including phenoxy) is 1. The largest absolute Gasteiger partial charge is 0.457 e. The van der Waals surface area contributed by atoms with Crippen LogP contribution in [0.2, 0.25) is 0 Å². The summed E-state index contributed by atoms with van der Waals surface area (Å²) in [6.45, 7) is 4.63. The molecule has 0 unspecified atom stereocenters. The molecule has 2 aliphatic rings. The first-order valence-electron chi connectivity index (χ1n) is 11.5. The zero-order valence-corrected chi connectivity index (χ0v) is 18.5. The normalized spacial score (nSPS) is 18.2. The number of hydrogen-bond donors (Lipinski definition) is 0. The number of para-hydroxylation sites is 1. The standard InChI is InChI=1S/C28H30N2O2/c31-27-19-28(22-30(27)21-23-8-3-1-4-9-23)14-16-29(17-15-28)20-24-10-7-13-26(18-24)32-25-11-5-2-6-12-25/h1-13,18H,14-17,19-22H2. The number of hydrogen-bond acceptors (Lipinski definition) is 3. The molecule has 0 atom stereocenters. The Labute approximate surface area is 190 Å². The average Bonchev–Trinajstić information content (AvgIpc) is 3.11. The second-order valence-corrected chi connectivity index (χ2v) is 9.25. The van der Waals surface area contributed by atoms with E-state index in [-0.39, 0.29) is 5.41 Å². The van der Waals surface area contributed by atoms with Gasteiger partial charge in [-0.1, -0.05) is 60.7 Å². The Morgan fingerprint density at radius 2 is 1.41 bits per heavy atom. The number of nitrogens with zero attached hydrogens (tertiary/aromatic N) is 2. The first-order valence-corrected chi connectivity index (χ1v) is 11.5. The summed E-state index contributed by atoms with van der Waals surface area (Å²) in [5, 5.41) is 0. The molecular weight excluding hydrogens is 396 g/mol. The molecule has 2 fully saturated rings. The number of benzene rings is 3. The van der Waals surface area contributed by atoms with Gasteiger partial charge in [-0.3, -0.25) is 9.69 Å². The molecular formula is C28H30N2O2. The van der Waals surface area contributed by atoms with Crippen molar-refractivity contribution in [2.45, 2.75) is 32.4 Å². The number of carbonyl (C=O) groups excluding carboxylic acids is 1. The quantitative estimate of drug-likeness (QED) is 0.522. The van der Waals surface area contributed by atoms with Gasteiger partial charge in [-0.15, -0.1) is 0 Å². The maximum absolute atomic E-state index is 12.7. The third kappa shape index (κ3) is 4.86. The van der Waals surface area contributed by atoms with Gasteiger partial charge in [0.05, 0.1) is 0 Å². The van der Waals surface area contributed by atoms with Crippen LogP contribution in [0.25, 0.3) is 0 Å². The average molecular weight is 427 g/mol. The third-order valence-corrected chi connectivity index (χ3v) is 6.82. The van der Waals surface area contributed by atoms with Gasteiger partial charge in [0.1, 0.15) is 11.5 Å². The molecule has 5 rings (SSSR count). The van der Waals surface area contributed by atoms with Crippen molar-refractivity contribution in [3.8, 4) is 11.5 Å². The lowest BCUT2D eigenvalue weighted by molar-refractivity contribution is -0.128. The van der Waals surface area contributed by atoms with Crippen LogP contribution in [0.1, 0.15) is 30.4 Å². The van der Waals surface area contributed by atoms with Crippen LogP contribution in [0.3, 0.4) is 0 Å². The van der Waals surface area contributed by atoms with Crippen LogP contribution in [0.5, 0.6) is 11.5 Å². The van der Waals surface area contributed by atoms with Crippen LogP contribution < -0.4 is 4.74 Å². The summed E-state index contributed by atoms with van der Waals surface area (Å²) in [7, 11) is 0. The van der Waals surface area contributed by atoms with Crippen molar-refractivity contribution < 1.29 is 9.53 Å². The van der Waals surface area contributed by atoms with Crippen molar-refractivity contribution in [1.29, 1.82) is 0 Å². The molecule has 0 saturated carbocycles. The molecule has 2 aliphatic heterocycles. The minimum atomic E-state index is 0.153. The van der Waals surface area contributed by atoms with Gasteiger partial charge in [0, 0.05) is 26.1 Å². The van der Waals surface area contributed by atoms with E-state index in [1.54, 1.807) is 0 Å². The Balaban J connectivity index is 1.16. The van der Waals surface area contributed by atoms with Gasteiger partial charge in [0.25, 0.3) is 0 Å². The van der Waals surface area contributed by atoms with Gasteiger partial charge in [0.15, 0.2) is 0 Å². The second-order valence-electron chi connectivity index (χ2n) is 9.25. The molecule has 0 N–H and O–H groups in total. The number of carbonyl (C=O) groups is 1. The van der Waals surface area contributed by atoms with E-state index in [9.17, 15) is 4.79 Å². The summed E-state index contributed by atoms with van der Waals surface area (Å²) in [5.74, 6) is 2.05. The topological polar surface area (TPSA) is 32.8 Å². The lowest BCUT2D eigenvalue weighted by Gasteiger charge is -2.39. The molecule has 1 spiro atoms. The fraction of sp³-hybridized carbons (Fsp3) is 0.321. The van der Waals surface area contributed by atoms with Crippen LogP contribution in [0.15, 0.2) is 84.9 Å². The molecule has 1 amide bonds. The van der Waals surface area contributed by atoms with E-state index < -0.39 is 0 Å². The summed E-state index contributed by atoms with van der Waals surface area (Å²) < 4.78 is 6.00. The molecule has 32 heavy (non-hydrogen) atoms. The Morgan fingerprint density at radius 1 is 0.750 bits per heavy atom. The zero-order chi connectivity index (χ0) is 21.8. The molecule has 0 aromatic heterocycles. The number of rotatable bonds is 6. The number of amides is 1. The SMILES string of the molecule is O=C1CC2(CCN(Cc3cccc(Oc4ccccc4)c3)CC2)CN1Cc1ccccc1. The lowest BCUT2D eigenvalue weighted by atomic mass is 9.77. The van der Waals surface area contributed by atoms with Crippen molar-refractivity contribution in [2.24, 2.45) is 5.41 Å². The van der Waals surface area contributed by atoms with E-state index in [1.165, 1.54) is 11.1 Å². The van der Waals surface area contributed by atoms with E-state index in [4.69, 9.17) is 4.74 Å². The summed E-state index contributed by atoms with van der Waals surface area (Å²) >= 11 is 0. The van der Waals surface area contributed by atoms with Gasteiger partial charge in [-0.05, 0) is 66.7 Å². The van der Waals surface area contributed by atoms with Crippen molar-refractivity contribution in [3.63, 3.8) is 0 Å². The van der Waals surface area contributed by atoms with Crippen LogP contribution >= 0.6 is 0 Å². The van der Waals surface area contributed by atoms with Gasteiger partial charge < -0.3 is 9.64 Å². The number of piperidine rings is 1. The zero-order valence-electron chi connectivity index (χ0n) is 18.5. The van der Waals surface area contributed by atoms with Gasteiger partial charge in [-0.2, -0.15) is 0 Å². The summed E-state index contributed by atoms with van der Waals surface area (Å²) in [6.07, 6.45) is 2.88. The first-order chi connectivity index (χ1) is 15.7. The maximum Gasteiger partial charge on any atom is 0.223 e. The molecule has 0 aliphatic carbocycles. The van der Waals surface area contributed by atoms with Gasteiger partial charge >= 0.3 is 0 Å². The highest BCUT2D eigenvalue weighted by Crippen LogP contribution is 2.41. The van der Waals surface area contributed by atoms with Crippen molar-refractivity contribution >= 4 is 5.91 Å². The van der Waals surface area contributed by atoms with E-state index >= 15 is 0 Å². The summed E-state index contributed by atoms with van der Waals surface area (Å²) in [6, 6.07) is 28.6. The van der Waals surface area contributed by atoms with Gasteiger partial charge in [0.2, 0.25) is 5.91 Å². The predicted molar refractivity (Wildman–Crippen MR) is 126 cm³/mol. The molecule has 0 radical (unpaired) electrons. The smallest absolute Gasteiger partial charge is 0.223 e. The Morgan fingerprint density at radius 3 is 2.16 bits per heavy atom. The molecule has 2 saturated heterocycles. The predicted octanol–water partition coefficient (Wildman–Crippen LogP) is 5.49. The minimum Gasteiger partial charge on any atom is -0.457 e. The van der Waals surface area contributed by atoms with Crippen LogP contribution in [-0.2, 0) is 17.9 Å². The van der Waals surface area contributed by atoms with Crippen molar-refractivity contribution in [2.75, 3.05) is 19.6 Å². The molecule has 0 bridgehead atoms. The molecule has 3 aromatic rings. The van der Waals surface area contributed by atoms with Crippen molar-refractivity contribution in [1.82, 2.24) is 9.80 Å². The first kappa shape index (κ1) is 20.8. The van der Waals surface area contributed by atoms with Gasteiger partial charge in [-0.25, -0.2) is 0 Å².